The molecule has 0 unspecified atom stereocenters. The van der Waals surface area contributed by atoms with E-state index in [-0.39, 0.29) is 10.7 Å². The van der Waals surface area contributed by atoms with Gasteiger partial charge < -0.3 is 4.90 Å². The number of halogens is 2. The molecule has 0 radical (unpaired) electrons. The van der Waals surface area contributed by atoms with Crippen molar-refractivity contribution >= 4 is 46.0 Å². The van der Waals surface area contributed by atoms with Gasteiger partial charge in [0.05, 0.1) is 15.6 Å². The lowest BCUT2D eigenvalue weighted by atomic mass is 10.2. The van der Waals surface area contributed by atoms with Crippen LogP contribution in [0, 0.1) is 10.1 Å². The van der Waals surface area contributed by atoms with E-state index in [1.54, 1.807) is 0 Å². The van der Waals surface area contributed by atoms with Gasteiger partial charge in [-0.2, -0.15) is 5.11 Å². The van der Waals surface area contributed by atoms with Crippen LogP contribution in [0.15, 0.2) is 52.7 Å². The Bertz CT molecular complexity index is 720. The van der Waals surface area contributed by atoms with Crippen LogP contribution in [-0.2, 0) is 0 Å². The molecule has 0 saturated carbocycles. The maximum absolute atomic E-state index is 10.7. The molecule has 0 aliphatic rings. The molecule has 0 heterocycles. The maximum Gasteiger partial charge on any atom is 0.271 e. The van der Waals surface area contributed by atoms with Crippen LogP contribution in [-0.4, -0.2) is 24.4 Å². The van der Waals surface area contributed by atoms with Crippen molar-refractivity contribution in [2.45, 2.75) is 0 Å². The van der Waals surface area contributed by atoms with Crippen molar-refractivity contribution in [3.63, 3.8) is 0 Å². The first-order valence-corrected chi connectivity index (χ1v) is 7.65. The number of non-ortho nitro benzene ring substituents is 1. The Morgan fingerprint density at radius 3 is 2.43 bits per heavy atom. The quantitative estimate of drug-likeness (QED) is 0.305. The monoisotopic (exact) mass is 352 g/mol. The normalized spacial score (nSPS) is 10.9. The van der Waals surface area contributed by atoms with E-state index in [9.17, 15) is 10.1 Å². The Kier molecular flexibility index (Phi) is 5.90. The minimum absolute atomic E-state index is 0.0827. The number of alkyl halides is 1. The molecule has 0 bridgehead atoms. The molecule has 0 amide bonds. The van der Waals surface area contributed by atoms with Gasteiger partial charge in [-0.1, -0.05) is 11.6 Å². The first kappa shape index (κ1) is 17.2. The summed E-state index contributed by atoms with van der Waals surface area (Å²) >= 11 is 11.7. The molecule has 120 valence electrons. The number of nitro benzene ring substituents is 1. The number of benzene rings is 2. The van der Waals surface area contributed by atoms with Gasteiger partial charge in [-0.25, -0.2) is 0 Å². The number of azo groups is 1. The van der Waals surface area contributed by atoms with Gasteiger partial charge >= 0.3 is 0 Å². The van der Waals surface area contributed by atoms with Crippen molar-refractivity contribution in [2.75, 3.05) is 24.4 Å². The van der Waals surface area contributed by atoms with Crippen molar-refractivity contribution in [3.8, 4) is 0 Å². The number of hydrogen-bond acceptors (Lipinski definition) is 5. The lowest BCUT2D eigenvalue weighted by Crippen LogP contribution is -2.19. The molecule has 0 atom stereocenters. The van der Waals surface area contributed by atoms with E-state index in [0.29, 0.717) is 17.3 Å². The maximum atomic E-state index is 10.7. The summed E-state index contributed by atoms with van der Waals surface area (Å²) in [5.41, 5.74) is 1.97. The van der Waals surface area contributed by atoms with E-state index < -0.39 is 4.92 Å². The summed E-state index contributed by atoms with van der Waals surface area (Å²) in [5, 5.41) is 18.9. The van der Waals surface area contributed by atoms with Crippen LogP contribution in [0.25, 0.3) is 0 Å². The first-order chi connectivity index (χ1) is 11.0. The van der Waals surface area contributed by atoms with E-state index in [1.165, 1.54) is 18.2 Å². The van der Waals surface area contributed by atoms with Gasteiger partial charge in [0.15, 0.2) is 0 Å². The van der Waals surface area contributed by atoms with Crippen LogP contribution in [0.3, 0.4) is 0 Å². The van der Waals surface area contributed by atoms with E-state index in [1.807, 2.05) is 36.2 Å². The average Bonchev–Trinajstić information content (AvgIpc) is 2.54. The third kappa shape index (κ3) is 4.64. The molecule has 8 heteroatoms. The Labute approximate surface area is 143 Å². The molecule has 6 nitrogen and oxygen atoms in total. The molecule has 2 aromatic rings. The summed E-state index contributed by atoms with van der Waals surface area (Å²) in [5.74, 6) is 0.552. The van der Waals surface area contributed by atoms with Crippen LogP contribution in [0.1, 0.15) is 0 Å². The van der Waals surface area contributed by atoms with Gasteiger partial charge in [0, 0.05) is 37.3 Å². The minimum atomic E-state index is -0.511. The highest BCUT2D eigenvalue weighted by Gasteiger charge is 2.09. The largest absolute Gasteiger partial charge is 0.373 e. The fourth-order valence-electron chi connectivity index (χ4n) is 1.83. The highest BCUT2D eigenvalue weighted by Crippen LogP contribution is 2.30. The van der Waals surface area contributed by atoms with Crippen LogP contribution >= 0.6 is 23.2 Å². The predicted molar refractivity (Wildman–Crippen MR) is 92.7 cm³/mol. The summed E-state index contributed by atoms with van der Waals surface area (Å²) in [6.07, 6.45) is 0. The van der Waals surface area contributed by atoms with Gasteiger partial charge in [-0.3, -0.25) is 10.1 Å². The molecule has 0 N–H and O–H groups in total. The Hall–Kier alpha value is -2.18. The third-order valence-electron chi connectivity index (χ3n) is 3.13. The summed E-state index contributed by atoms with van der Waals surface area (Å²) in [6.45, 7) is 0.751. The second kappa shape index (κ2) is 7.89. The smallest absolute Gasteiger partial charge is 0.271 e. The zero-order valence-corrected chi connectivity index (χ0v) is 13.8. The molecule has 0 aromatic heterocycles. The minimum Gasteiger partial charge on any atom is -0.373 e. The molecule has 0 aliphatic carbocycles. The molecular weight excluding hydrogens is 339 g/mol. The highest BCUT2D eigenvalue weighted by molar-refractivity contribution is 6.33. The van der Waals surface area contributed by atoms with Crippen molar-refractivity contribution in [1.82, 2.24) is 0 Å². The topological polar surface area (TPSA) is 71.1 Å². The predicted octanol–water partition coefficient (Wildman–Crippen LogP) is 5.34. The average molecular weight is 353 g/mol. The van der Waals surface area contributed by atoms with E-state index in [2.05, 4.69) is 10.2 Å². The Morgan fingerprint density at radius 1 is 1.17 bits per heavy atom. The molecule has 23 heavy (non-hydrogen) atoms. The second-order valence-corrected chi connectivity index (χ2v) is 5.50. The molecule has 2 rings (SSSR count). The number of hydrogen-bond donors (Lipinski definition) is 0. The van der Waals surface area contributed by atoms with Crippen molar-refractivity contribution in [1.29, 1.82) is 0 Å². The Morgan fingerprint density at radius 2 is 1.87 bits per heavy atom. The van der Waals surface area contributed by atoms with Crippen molar-refractivity contribution in [2.24, 2.45) is 10.2 Å². The number of anilines is 1. The fraction of sp³-hybridized carbons (Fsp3) is 0.200. The van der Waals surface area contributed by atoms with E-state index in [0.717, 1.165) is 12.2 Å². The summed E-state index contributed by atoms with van der Waals surface area (Å²) in [4.78, 5) is 12.2. The second-order valence-electron chi connectivity index (χ2n) is 4.72. The molecule has 0 fully saturated rings. The lowest BCUT2D eigenvalue weighted by Gasteiger charge is -2.17. The Balaban J connectivity index is 2.12. The summed E-state index contributed by atoms with van der Waals surface area (Å²) in [7, 11) is 1.95. The first-order valence-electron chi connectivity index (χ1n) is 6.74. The lowest BCUT2D eigenvalue weighted by molar-refractivity contribution is -0.384. The molecule has 0 spiro atoms. The van der Waals surface area contributed by atoms with E-state index in [4.69, 9.17) is 23.2 Å². The van der Waals surface area contributed by atoms with Crippen LogP contribution in [0.4, 0.5) is 22.7 Å². The van der Waals surface area contributed by atoms with Crippen LogP contribution < -0.4 is 4.90 Å². The summed E-state index contributed by atoms with van der Waals surface area (Å²) < 4.78 is 0. The highest BCUT2D eigenvalue weighted by atomic mass is 35.5. The number of rotatable bonds is 6. The number of nitrogens with zero attached hydrogens (tertiary/aromatic N) is 4. The van der Waals surface area contributed by atoms with Crippen molar-refractivity contribution < 1.29 is 4.92 Å². The van der Waals surface area contributed by atoms with Crippen LogP contribution in [0.2, 0.25) is 5.02 Å². The van der Waals surface area contributed by atoms with Crippen molar-refractivity contribution in [3.05, 3.63) is 57.6 Å². The molecule has 0 saturated heterocycles. The van der Waals surface area contributed by atoms with Gasteiger partial charge in [0.25, 0.3) is 5.69 Å². The zero-order valence-electron chi connectivity index (χ0n) is 12.3. The van der Waals surface area contributed by atoms with E-state index >= 15 is 0 Å². The van der Waals surface area contributed by atoms with Gasteiger partial charge in [0.2, 0.25) is 0 Å². The van der Waals surface area contributed by atoms with Gasteiger partial charge in [-0.15, -0.1) is 16.7 Å². The summed E-state index contributed by atoms with van der Waals surface area (Å²) in [6, 6.07) is 11.5. The molecular formula is C15H14Cl2N4O2. The SMILES string of the molecule is CN(CCCl)c1ccc(N=Nc2ccc([N+](=O)[O-])cc2Cl)cc1. The van der Waals surface area contributed by atoms with Crippen LogP contribution in [0.5, 0.6) is 0 Å². The standard InChI is InChI=1S/C15H14Cl2N4O2/c1-20(9-8-16)12-4-2-11(3-5-12)18-19-15-7-6-13(21(22)23)10-14(15)17/h2-7,10H,8-9H2,1H3. The zero-order chi connectivity index (χ0) is 16.8. The number of nitro groups is 1. The fourth-order valence-corrected chi connectivity index (χ4v) is 2.30. The molecule has 2 aromatic carbocycles. The van der Waals surface area contributed by atoms with Gasteiger partial charge in [-0.05, 0) is 30.3 Å². The third-order valence-corrected chi connectivity index (χ3v) is 3.60. The van der Waals surface area contributed by atoms with Gasteiger partial charge in [0.1, 0.15) is 5.69 Å². The molecule has 0 aliphatic heterocycles.